The minimum atomic E-state index is 0.664. The molecule has 0 atom stereocenters. The molecular weight excluding hydrogens is 308 g/mol. The summed E-state index contributed by atoms with van der Waals surface area (Å²) in [4.78, 5) is 0. The molecule has 0 N–H and O–H groups in total. The molecule has 0 saturated heterocycles. The predicted molar refractivity (Wildman–Crippen MR) is 102 cm³/mol. The van der Waals surface area contributed by atoms with Crippen molar-refractivity contribution in [1.29, 1.82) is 0 Å². The van der Waals surface area contributed by atoms with Crippen LogP contribution in [0.1, 0.15) is 16.7 Å². The topological polar surface area (TPSA) is 18.5 Å². The summed E-state index contributed by atoms with van der Waals surface area (Å²) in [6, 6.07) is 26.9. The molecule has 2 heteroatoms. The Kier molecular flexibility index (Phi) is 6.11. The average Bonchev–Trinajstić information content (AvgIpc) is 2.63. The first kappa shape index (κ1) is 17.1. The molecule has 0 spiro atoms. The molecule has 2 nitrogen and oxygen atoms in total. The van der Waals surface area contributed by atoms with Crippen LogP contribution in [-0.4, -0.2) is 13.2 Å². The highest BCUT2D eigenvalue weighted by Crippen LogP contribution is 2.23. The molecule has 0 radical (unpaired) electrons. The van der Waals surface area contributed by atoms with Gasteiger partial charge in [-0.3, -0.25) is 0 Å². The van der Waals surface area contributed by atoms with E-state index in [4.69, 9.17) is 9.47 Å². The van der Waals surface area contributed by atoms with E-state index in [1.54, 1.807) is 0 Å². The van der Waals surface area contributed by atoms with Gasteiger partial charge in [0, 0.05) is 18.9 Å². The quantitative estimate of drug-likeness (QED) is 0.562. The van der Waals surface area contributed by atoms with Crippen LogP contribution in [0.25, 0.3) is 0 Å². The summed E-state index contributed by atoms with van der Waals surface area (Å²) < 4.78 is 11.8. The van der Waals surface area contributed by atoms with Crippen molar-refractivity contribution in [2.45, 2.75) is 19.8 Å². The average molecular weight is 332 g/mol. The van der Waals surface area contributed by atoms with Gasteiger partial charge < -0.3 is 9.47 Å². The third-order valence-corrected chi connectivity index (χ3v) is 4.03. The van der Waals surface area contributed by atoms with E-state index >= 15 is 0 Å². The van der Waals surface area contributed by atoms with Gasteiger partial charge >= 0.3 is 0 Å². The Morgan fingerprint density at radius 1 is 0.600 bits per heavy atom. The van der Waals surface area contributed by atoms with Crippen LogP contribution in [0.15, 0.2) is 78.9 Å². The minimum absolute atomic E-state index is 0.664. The molecule has 3 aromatic rings. The van der Waals surface area contributed by atoms with E-state index in [0.29, 0.717) is 13.2 Å². The van der Waals surface area contributed by atoms with Crippen molar-refractivity contribution < 1.29 is 9.47 Å². The maximum Gasteiger partial charge on any atom is 0.123 e. The Hall–Kier alpha value is -2.74. The molecule has 0 unspecified atom stereocenters. The lowest BCUT2D eigenvalue weighted by molar-refractivity contribution is 0.305. The van der Waals surface area contributed by atoms with Crippen LogP contribution in [-0.2, 0) is 12.8 Å². The number of hydrogen-bond donors (Lipinski definition) is 0. The van der Waals surface area contributed by atoms with Gasteiger partial charge in [-0.15, -0.1) is 0 Å². The molecule has 0 fully saturated rings. The second kappa shape index (κ2) is 8.93. The van der Waals surface area contributed by atoms with Gasteiger partial charge in [0.15, 0.2) is 0 Å². The molecule has 0 aliphatic rings. The number of benzene rings is 3. The molecular formula is C23H24O2. The van der Waals surface area contributed by atoms with Gasteiger partial charge in [-0.05, 0) is 35.7 Å². The van der Waals surface area contributed by atoms with Gasteiger partial charge in [-0.25, -0.2) is 0 Å². The lowest BCUT2D eigenvalue weighted by Crippen LogP contribution is -2.04. The SMILES string of the molecule is Cc1cc(OCCc2ccccc2)cc(OCCc2ccccc2)c1. The highest BCUT2D eigenvalue weighted by Gasteiger charge is 2.02. The Bertz CT molecular complexity index is 703. The molecule has 3 aromatic carbocycles. The lowest BCUT2D eigenvalue weighted by Gasteiger charge is -2.11. The Balaban J connectivity index is 1.51. The first-order chi connectivity index (χ1) is 12.3. The Morgan fingerprint density at radius 3 is 1.48 bits per heavy atom. The van der Waals surface area contributed by atoms with E-state index < -0.39 is 0 Å². The molecule has 0 aromatic heterocycles. The van der Waals surface area contributed by atoms with Gasteiger partial charge in [0.2, 0.25) is 0 Å². The summed E-state index contributed by atoms with van der Waals surface area (Å²) in [7, 11) is 0. The molecule has 25 heavy (non-hydrogen) atoms. The van der Waals surface area contributed by atoms with Crippen LogP contribution in [0.2, 0.25) is 0 Å². The number of ether oxygens (including phenoxy) is 2. The van der Waals surface area contributed by atoms with Crippen LogP contribution in [0.4, 0.5) is 0 Å². The summed E-state index contributed by atoms with van der Waals surface area (Å²) in [5.41, 5.74) is 3.72. The highest BCUT2D eigenvalue weighted by molar-refractivity contribution is 5.38. The molecule has 0 heterocycles. The predicted octanol–water partition coefficient (Wildman–Crippen LogP) is 5.24. The van der Waals surface area contributed by atoms with Gasteiger partial charge in [0.25, 0.3) is 0 Å². The summed E-state index contributed by atoms with van der Waals surface area (Å²) in [5.74, 6) is 1.73. The van der Waals surface area contributed by atoms with Crippen LogP contribution in [0.5, 0.6) is 11.5 Å². The van der Waals surface area contributed by atoms with Gasteiger partial charge in [-0.2, -0.15) is 0 Å². The van der Waals surface area contributed by atoms with Crippen molar-refractivity contribution in [3.63, 3.8) is 0 Å². The fraction of sp³-hybridized carbons (Fsp3) is 0.217. The maximum absolute atomic E-state index is 5.92. The molecule has 128 valence electrons. The van der Waals surface area contributed by atoms with Crippen LogP contribution in [0.3, 0.4) is 0 Å². The minimum Gasteiger partial charge on any atom is -0.493 e. The number of aryl methyl sites for hydroxylation is 1. The Morgan fingerprint density at radius 2 is 1.04 bits per heavy atom. The largest absolute Gasteiger partial charge is 0.493 e. The van der Waals surface area contributed by atoms with E-state index in [2.05, 4.69) is 67.6 Å². The summed E-state index contributed by atoms with van der Waals surface area (Å²) in [6.45, 7) is 3.39. The zero-order chi connectivity index (χ0) is 17.3. The van der Waals surface area contributed by atoms with Crippen molar-refractivity contribution in [2.75, 3.05) is 13.2 Å². The molecule has 3 rings (SSSR count). The zero-order valence-electron chi connectivity index (χ0n) is 14.7. The first-order valence-corrected chi connectivity index (χ1v) is 8.75. The second-order valence-electron chi connectivity index (χ2n) is 6.15. The van der Waals surface area contributed by atoms with Crippen molar-refractivity contribution in [3.05, 3.63) is 95.6 Å². The third kappa shape index (κ3) is 5.68. The van der Waals surface area contributed by atoms with Crippen molar-refractivity contribution in [2.24, 2.45) is 0 Å². The number of hydrogen-bond acceptors (Lipinski definition) is 2. The number of rotatable bonds is 8. The van der Waals surface area contributed by atoms with Crippen LogP contribution in [0, 0.1) is 6.92 Å². The summed E-state index contributed by atoms with van der Waals surface area (Å²) in [6.07, 6.45) is 1.80. The van der Waals surface area contributed by atoms with Crippen molar-refractivity contribution in [1.82, 2.24) is 0 Å². The molecule has 0 aliphatic heterocycles. The summed E-state index contributed by atoms with van der Waals surface area (Å²) >= 11 is 0. The molecule has 0 bridgehead atoms. The van der Waals surface area contributed by atoms with Crippen LogP contribution >= 0.6 is 0 Å². The zero-order valence-corrected chi connectivity index (χ0v) is 14.7. The summed E-state index contributed by atoms with van der Waals surface area (Å²) in [5, 5.41) is 0. The highest BCUT2D eigenvalue weighted by atomic mass is 16.5. The van der Waals surface area contributed by atoms with Gasteiger partial charge in [-0.1, -0.05) is 60.7 Å². The maximum atomic E-state index is 5.92. The van der Waals surface area contributed by atoms with E-state index in [-0.39, 0.29) is 0 Å². The van der Waals surface area contributed by atoms with Crippen molar-refractivity contribution >= 4 is 0 Å². The van der Waals surface area contributed by atoms with E-state index in [0.717, 1.165) is 29.9 Å². The normalized spacial score (nSPS) is 10.4. The Labute approximate surface area is 150 Å². The van der Waals surface area contributed by atoms with E-state index in [1.807, 2.05) is 18.2 Å². The van der Waals surface area contributed by atoms with E-state index in [1.165, 1.54) is 11.1 Å². The molecule has 0 saturated carbocycles. The third-order valence-electron chi connectivity index (χ3n) is 4.03. The van der Waals surface area contributed by atoms with Crippen molar-refractivity contribution in [3.8, 4) is 11.5 Å². The first-order valence-electron chi connectivity index (χ1n) is 8.75. The lowest BCUT2D eigenvalue weighted by atomic mass is 10.1. The molecule has 0 aliphatic carbocycles. The van der Waals surface area contributed by atoms with Gasteiger partial charge in [0.05, 0.1) is 13.2 Å². The standard InChI is InChI=1S/C23H24O2/c1-19-16-22(24-14-12-20-8-4-2-5-9-20)18-23(17-19)25-15-13-21-10-6-3-7-11-21/h2-11,16-18H,12-15H2,1H3. The molecule has 0 amide bonds. The second-order valence-corrected chi connectivity index (χ2v) is 6.15. The fourth-order valence-corrected chi connectivity index (χ4v) is 2.74. The van der Waals surface area contributed by atoms with Crippen LogP contribution < -0.4 is 9.47 Å². The smallest absolute Gasteiger partial charge is 0.123 e. The monoisotopic (exact) mass is 332 g/mol. The van der Waals surface area contributed by atoms with E-state index in [9.17, 15) is 0 Å². The van der Waals surface area contributed by atoms with Gasteiger partial charge in [0.1, 0.15) is 11.5 Å². The fourth-order valence-electron chi connectivity index (χ4n) is 2.74.